The highest BCUT2D eigenvalue weighted by molar-refractivity contribution is 6.02. The minimum Gasteiger partial charge on any atom is -0.482 e. The number of benzene rings is 1. The molecule has 0 bridgehead atoms. The molecule has 0 radical (unpaired) electrons. The Morgan fingerprint density at radius 1 is 1.35 bits per heavy atom. The van der Waals surface area contributed by atoms with E-state index in [2.05, 4.69) is 0 Å². The molecule has 1 aliphatic heterocycles. The first-order valence-electron chi connectivity index (χ1n) is 6.24. The Morgan fingerprint density at radius 3 is 2.75 bits per heavy atom. The number of aromatic nitrogens is 1. The summed E-state index contributed by atoms with van der Waals surface area (Å²) < 4.78 is 7.05. The quantitative estimate of drug-likeness (QED) is 0.866. The van der Waals surface area contributed by atoms with Gasteiger partial charge in [-0.1, -0.05) is 18.2 Å². The van der Waals surface area contributed by atoms with Gasteiger partial charge in [0.2, 0.25) is 5.78 Å². The predicted octanol–water partition coefficient (Wildman–Crippen LogP) is 1.91. The molecular weight excluding hydrogens is 258 g/mol. The van der Waals surface area contributed by atoms with E-state index in [1.54, 1.807) is 7.05 Å². The van der Waals surface area contributed by atoms with Crippen molar-refractivity contribution >= 4 is 11.8 Å². The number of nitrogens with zero attached hydrogens (tertiary/aromatic N) is 1. The highest BCUT2D eigenvalue weighted by Gasteiger charge is 2.30. The molecule has 1 aromatic heterocycles. The van der Waals surface area contributed by atoms with Gasteiger partial charge in [-0.15, -0.1) is 0 Å². The normalized spacial score (nSPS) is 16.6. The van der Waals surface area contributed by atoms with E-state index in [1.807, 2.05) is 24.3 Å². The zero-order valence-corrected chi connectivity index (χ0v) is 10.9. The standard InChI is InChI=1S/C15H13NO4/c1-16-8-10(6-11(16)15(18)19)14(17)13-7-9-4-2-3-5-12(9)20-13/h2-6,8,13H,7H2,1H3,(H,18,19). The third-order valence-electron chi connectivity index (χ3n) is 3.45. The Morgan fingerprint density at radius 2 is 2.10 bits per heavy atom. The van der Waals surface area contributed by atoms with Crippen molar-refractivity contribution in [3.63, 3.8) is 0 Å². The summed E-state index contributed by atoms with van der Waals surface area (Å²) in [7, 11) is 1.60. The fourth-order valence-corrected chi connectivity index (χ4v) is 2.43. The molecule has 1 aromatic carbocycles. The van der Waals surface area contributed by atoms with E-state index in [0.717, 1.165) is 11.3 Å². The number of ether oxygens (including phenoxy) is 1. The molecule has 102 valence electrons. The van der Waals surface area contributed by atoms with E-state index < -0.39 is 12.1 Å². The number of fused-ring (bicyclic) bond motifs is 1. The van der Waals surface area contributed by atoms with Gasteiger partial charge in [0.25, 0.3) is 0 Å². The predicted molar refractivity (Wildman–Crippen MR) is 71.3 cm³/mol. The lowest BCUT2D eigenvalue weighted by molar-refractivity contribution is 0.0686. The summed E-state index contributed by atoms with van der Waals surface area (Å²) in [6.07, 6.45) is 1.47. The Kier molecular flexibility index (Phi) is 2.82. The van der Waals surface area contributed by atoms with Gasteiger partial charge < -0.3 is 14.4 Å². The van der Waals surface area contributed by atoms with Crippen molar-refractivity contribution in [1.82, 2.24) is 4.57 Å². The van der Waals surface area contributed by atoms with Gasteiger partial charge in [0.1, 0.15) is 11.4 Å². The molecule has 0 spiro atoms. The number of rotatable bonds is 3. The molecule has 0 saturated heterocycles. The van der Waals surface area contributed by atoms with Crippen LogP contribution >= 0.6 is 0 Å². The third-order valence-corrected chi connectivity index (χ3v) is 3.45. The number of para-hydroxylation sites is 1. The number of hydrogen-bond donors (Lipinski definition) is 1. The number of carbonyl (C=O) groups excluding carboxylic acids is 1. The van der Waals surface area contributed by atoms with Crippen LogP contribution < -0.4 is 4.74 Å². The first-order valence-corrected chi connectivity index (χ1v) is 6.24. The van der Waals surface area contributed by atoms with Crippen LogP contribution in [0, 0.1) is 0 Å². The highest BCUT2D eigenvalue weighted by atomic mass is 16.5. The largest absolute Gasteiger partial charge is 0.482 e. The van der Waals surface area contributed by atoms with Gasteiger partial charge in [0, 0.05) is 25.2 Å². The van der Waals surface area contributed by atoms with E-state index in [9.17, 15) is 9.59 Å². The minimum atomic E-state index is -1.05. The number of Topliss-reactive ketones (excluding diaryl/α,β-unsaturated/α-hetero) is 1. The summed E-state index contributed by atoms with van der Waals surface area (Å²) in [4.78, 5) is 23.4. The molecule has 0 saturated carbocycles. The Bertz CT molecular complexity index is 677. The van der Waals surface area contributed by atoms with Crippen LogP contribution in [-0.2, 0) is 13.5 Å². The summed E-state index contributed by atoms with van der Waals surface area (Å²) >= 11 is 0. The molecular formula is C15H13NO4. The van der Waals surface area contributed by atoms with E-state index in [4.69, 9.17) is 9.84 Å². The van der Waals surface area contributed by atoms with Crippen LogP contribution in [0.25, 0.3) is 0 Å². The highest BCUT2D eigenvalue weighted by Crippen LogP contribution is 2.29. The fourth-order valence-electron chi connectivity index (χ4n) is 2.43. The third kappa shape index (κ3) is 1.97. The lowest BCUT2D eigenvalue weighted by Gasteiger charge is -2.07. The van der Waals surface area contributed by atoms with Gasteiger partial charge >= 0.3 is 5.97 Å². The van der Waals surface area contributed by atoms with Gasteiger partial charge in [-0.2, -0.15) is 0 Å². The monoisotopic (exact) mass is 271 g/mol. The molecule has 1 aliphatic rings. The number of hydrogen-bond acceptors (Lipinski definition) is 3. The minimum absolute atomic E-state index is 0.0869. The van der Waals surface area contributed by atoms with Crippen LogP contribution in [0.1, 0.15) is 26.4 Å². The van der Waals surface area contributed by atoms with Crippen molar-refractivity contribution < 1.29 is 19.4 Å². The number of carboxylic acid groups (broad SMARTS) is 1. The Hall–Kier alpha value is -2.56. The molecule has 1 unspecified atom stereocenters. The van der Waals surface area contributed by atoms with Crippen molar-refractivity contribution in [3.8, 4) is 5.75 Å². The number of aryl methyl sites for hydroxylation is 1. The molecule has 0 fully saturated rings. The lowest BCUT2D eigenvalue weighted by Crippen LogP contribution is -2.24. The second-order valence-electron chi connectivity index (χ2n) is 4.81. The summed E-state index contributed by atoms with van der Waals surface area (Å²) in [5.74, 6) is -0.522. The second kappa shape index (κ2) is 4.52. The summed E-state index contributed by atoms with van der Waals surface area (Å²) in [6, 6.07) is 8.90. The summed E-state index contributed by atoms with van der Waals surface area (Å²) in [6.45, 7) is 0. The van der Waals surface area contributed by atoms with Crippen LogP contribution in [0.5, 0.6) is 5.75 Å². The topological polar surface area (TPSA) is 68.5 Å². The Labute approximate surface area is 115 Å². The van der Waals surface area contributed by atoms with Gasteiger partial charge in [-0.25, -0.2) is 4.79 Å². The first-order chi connectivity index (χ1) is 9.56. The van der Waals surface area contributed by atoms with Crippen LogP contribution in [0.3, 0.4) is 0 Å². The van der Waals surface area contributed by atoms with E-state index in [-0.39, 0.29) is 11.5 Å². The second-order valence-corrected chi connectivity index (χ2v) is 4.81. The SMILES string of the molecule is Cn1cc(C(=O)C2Cc3ccccc3O2)cc1C(=O)O. The molecule has 1 N–H and O–H groups in total. The van der Waals surface area contributed by atoms with Gasteiger partial charge in [0.05, 0.1) is 0 Å². The molecule has 5 nitrogen and oxygen atoms in total. The van der Waals surface area contributed by atoms with E-state index >= 15 is 0 Å². The van der Waals surface area contributed by atoms with Crippen molar-refractivity contribution in [3.05, 3.63) is 53.3 Å². The van der Waals surface area contributed by atoms with Gasteiger partial charge in [0.15, 0.2) is 6.10 Å². The average Bonchev–Trinajstić information content (AvgIpc) is 3.01. The molecule has 1 atom stereocenters. The van der Waals surface area contributed by atoms with E-state index in [1.165, 1.54) is 16.8 Å². The van der Waals surface area contributed by atoms with Crippen molar-refractivity contribution in [1.29, 1.82) is 0 Å². The Balaban J connectivity index is 1.85. The van der Waals surface area contributed by atoms with Crippen LogP contribution in [0.4, 0.5) is 0 Å². The average molecular weight is 271 g/mol. The zero-order chi connectivity index (χ0) is 14.3. The number of ketones is 1. The molecule has 0 amide bonds. The number of aromatic carboxylic acids is 1. The fraction of sp³-hybridized carbons (Fsp3) is 0.200. The molecule has 5 heteroatoms. The zero-order valence-electron chi connectivity index (χ0n) is 10.9. The smallest absolute Gasteiger partial charge is 0.352 e. The van der Waals surface area contributed by atoms with Crippen LogP contribution in [-0.4, -0.2) is 27.5 Å². The van der Waals surface area contributed by atoms with Crippen LogP contribution in [0.15, 0.2) is 36.5 Å². The van der Waals surface area contributed by atoms with Crippen molar-refractivity contribution in [2.24, 2.45) is 7.05 Å². The molecule has 2 aromatic rings. The van der Waals surface area contributed by atoms with Crippen molar-refractivity contribution in [2.75, 3.05) is 0 Å². The maximum atomic E-state index is 12.4. The molecule has 3 rings (SSSR count). The van der Waals surface area contributed by atoms with Gasteiger partial charge in [-0.3, -0.25) is 4.79 Å². The van der Waals surface area contributed by atoms with Crippen LogP contribution in [0.2, 0.25) is 0 Å². The molecule has 20 heavy (non-hydrogen) atoms. The number of carbonyl (C=O) groups is 2. The number of carboxylic acids is 1. The summed E-state index contributed by atoms with van der Waals surface area (Å²) in [5, 5.41) is 9.00. The van der Waals surface area contributed by atoms with Gasteiger partial charge in [-0.05, 0) is 17.7 Å². The maximum absolute atomic E-state index is 12.4. The lowest BCUT2D eigenvalue weighted by atomic mass is 10.0. The molecule has 0 aliphatic carbocycles. The van der Waals surface area contributed by atoms with E-state index in [0.29, 0.717) is 12.0 Å². The summed E-state index contributed by atoms with van der Waals surface area (Å²) in [5.41, 5.74) is 1.45. The maximum Gasteiger partial charge on any atom is 0.352 e. The van der Waals surface area contributed by atoms with Crippen molar-refractivity contribution in [2.45, 2.75) is 12.5 Å². The first kappa shape index (κ1) is 12.5. The molecule has 2 heterocycles.